The number of nitrogens with two attached hydrogens (primary N) is 1. The van der Waals surface area contributed by atoms with E-state index in [-0.39, 0.29) is 5.28 Å². The molecule has 3 N–H and O–H groups in total. The standard InChI is InChI=1S/C13H23ClN6O2/c14-11-17-12(16-4-8-22-10-9-21-7-3-15)19-13(18-11)20-5-1-2-6-20/h1-10,15H2,(H,16,17,18,19). The molecule has 1 saturated heterocycles. The molecule has 0 aliphatic carbocycles. The van der Waals surface area contributed by atoms with Gasteiger partial charge in [0.1, 0.15) is 0 Å². The number of ether oxygens (including phenoxy) is 2. The number of rotatable bonds is 10. The summed E-state index contributed by atoms with van der Waals surface area (Å²) in [6, 6.07) is 0. The highest BCUT2D eigenvalue weighted by Gasteiger charge is 2.16. The van der Waals surface area contributed by atoms with Gasteiger partial charge < -0.3 is 25.4 Å². The lowest BCUT2D eigenvalue weighted by Crippen LogP contribution is -2.22. The zero-order valence-electron chi connectivity index (χ0n) is 12.6. The van der Waals surface area contributed by atoms with E-state index in [1.165, 1.54) is 0 Å². The van der Waals surface area contributed by atoms with Crippen molar-refractivity contribution in [2.45, 2.75) is 12.8 Å². The van der Waals surface area contributed by atoms with Crippen molar-refractivity contribution in [3.63, 3.8) is 0 Å². The summed E-state index contributed by atoms with van der Waals surface area (Å²) < 4.78 is 10.6. The van der Waals surface area contributed by atoms with Crippen LogP contribution in [0.25, 0.3) is 0 Å². The van der Waals surface area contributed by atoms with Gasteiger partial charge in [-0.05, 0) is 24.4 Å². The van der Waals surface area contributed by atoms with E-state index in [0.717, 1.165) is 25.9 Å². The lowest BCUT2D eigenvalue weighted by atomic mass is 10.4. The van der Waals surface area contributed by atoms with Gasteiger partial charge in [0.15, 0.2) is 0 Å². The van der Waals surface area contributed by atoms with E-state index in [1.807, 2.05) is 0 Å². The molecule has 2 rings (SSSR count). The second-order valence-electron chi connectivity index (χ2n) is 4.86. The Labute approximate surface area is 135 Å². The zero-order valence-corrected chi connectivity index (χ0v) is 13.4. The zero-order chi connectivity index (χ0) is 15.6. The SMILES string of the molecule is NCCOCCOCCNc1nc(Cl)nc(N2CCCC2)n1. The normalized spacial score (nSPS) is 14.5. The Bertz CT molecular complexity index is 445. The first-order valence-electron chi connectivity index (χ1n) is 7.55. The summed E-state index contributed by atoms with van der Waals surface area (Å²) >= 11 is 5.95. The van der Waals surface area contributed by atoms with Gasteiger partial charge in [-0.25, -0.2) is 0 Å². The number of hydrogen-bond donors (Lipinski definition) is 2. The van der Waals surface area contributed by atoms with E-state index in [2.05, 4.69) is 25.2 Å². The van der Waals surface area contributed by atoms with Crippen LogP contribution < -0.4 is 16.0 Å². The maximum Gasteiger partial charge on any atom is 0.231 e. The van der Waals surface area contributed by atoms with Crippen LogP contribution in [-0.2, 0) is 9.47 Å². The molecular weight excluding hydrogens is 308 g/mol. The maximum absolute atomic E-state index is 5.95. The predicted molar refractivity (Wildman–Crippen MR) is 85.5 cm³/mol. The average molecular weight is 331 g/mol. The molecule has 1 aliphatic rings. The Hall–Kier alpha value is -1.22. The highest BCUT2D eigenvalue weighted by atomic mass is 35.5. The third-order valence-electron chi connectivity index (χ3n) is 3.15. The molecule has 1 aromatic heterocycles. The Kier molecular flexibility index (Phi) is 7.58. The Morgan fingerprint density at radius 3 is 2.50 bits per heavy atom. The molecule has 124 valence electrons. The van der Waals surface area contributed by atoms with Crippen LogP contribution in [0.1, 0.15) is 12.8 Å². The van der Waals surface area contributed by atoms with Crippen LogP contribution in [0.2, 0.25) is 5.28 Å². The molecule has 8 nitrogen and oxygen atoms in total. The van der Waals surface area contributed by atoms with Crippen molar-refractivity contribution < 1.29 is 9.47 Å². The van der Waals surface area contributed by atoms with E-state index in [0.29, 0.717) is 51.4 Å². The summed E-state index contributed by atoms with van der Waals surface area (Å²) in [5.74, 6) is 1.11. The highest BCUT2D eigenvalue weighted by molar-refractivity contribution is 6.28. The van der Waals surface area contributed by atoms with Gasteiger partial charge in [0.05, 0.1) is 26.4 Å². The maximum atomic E-state index is 5.95. The second-order valence-corrected chi connectivity index (χ2v) is 5.20. The largest absolute Gasteiger partial charge is 0.378 e. The Balaban J connectivity index is 1.69. The van der Waals surface area contributed by atoms with Gasteiger partial charge in [-0.3, -0.25) is 0 Å². The highest BCUT2D eigenvalue weighted by Crippen LogP contribution is 2.18. The average Bonchev–Trinajstić information content (AvgIpc) is 3.04. The Morgan fingerprint density at radius 1 is 1.05 bits per heavy atom. The van der Waals surface area contributed by atoms with E-state index >= 15 is 0 Å². The Morgan fingerprint density at radius 2 is 1.77 bits per heavy atom. The van der Waals surface area contributed by atoms with Crippen LogP contribution in [0.3, 0.4) is 0 Å². The van der Waals surface area contributed by atoms with Crippen LogP contribution in [0.15, 0.2) is 0 Å². The molecule has 1 aromatic rings. The van der Waals surface area contributed by atoms with Crippen LogP contribution >= 0.6 is 11.6 Å². The van der Waals surface area contributed by atoms with Gasteiger partial charge in [-0.2, -0.15) is 15.0 Å². The van der Waals surface area contributed by atoms with Crippen LogP contribution in [0.4, 0.5) is 11.9 Å². The number of aromatic nitrogens is 3. The fraction of sp³-hybridized carbons (Fsp3) is 0.769. The third kappa shape index (κ3) is 5.88. The van der Waals surface area contributed by atoms with Crippen molar-refractivity contribution in [3.8, 4) is 0 Å². The van der Waals surface area contributed by atoms with Crippen LogP contribution in [0, 0.1) is 0 Å². The first kappa shape index (κ1) is 17.1. The fourth-order valence-corrected chi connectivity index (χ4v) is 2.27. The van der Waals surface area contributed by atoms with Gasteiger partial charge in [-0.15, -0.1) is 0 Å². The molecule has 0 unspecified atom stereocenters. The molecule has 0 bridgehead atoms. The van der Waals surface area contributed by atoms with Gasteiger partial charge in [0.2, 0.25) is 17.2 Å². The smallest absolute Gasteiger partial charge is 0.231 e. The predicted octanol–water partition coefficient (Wildman–Crippen LogP) is 0.529. The van der Waals surface area contributed by atoms with Gasteiger partial charge in [0, 0.05) is 26.2 Å². The van der Waals surface area contributed by atoms with E-state index < -0.39 is 0 Å². The van der Waals surface area contributed by atoms with Crippen molar-refractivity contribution in [1.29, 1.82) is 0 Å². The molecule has 1 aliphatic heterocycles. The van der Waals surface area contributed by atoms with Crippen molar-refractivity contribution in [2.75, 3.05) is 62.8 Å². The van der Waals surface area contributed by atoms with E-state index in [9.17, 15) is 0 Å². The summed E-state index contributed by atoms with van der Waals surface area (Å²) in [5.41, 5.74) is 5.32. The summed E-state index contributed by atoms with van der Waals surface area (Å²) in [7, 11) is 0. The fourth-order valence-electron chi connectivity index (χ4n) is 2.12. The van der Waals surface area contributed by atoms with Crippen molar-refractivity contribution in [3.05, 3.63) is 5.28 Å². The first-order valence-corrected chi connectivity index (χ1v) is 7.93. The summed E-state index contributed by atoms with van der Waals surface area (Å²) in [5, 5.41) is 3.30. The number of nitrogens with one attached hydrogen (secondary N) is 1. The summed E-state index contributed by atoms with van der Waals surface area (Å²) in [6.45, 7) is 5.24. The first-order chi connectivity index (χ1) is 10.8. The summed E-state index contributed by atoms with van der Waals surface area (Å²) in [4.78, 5) is 14.8. The molecule has 0 aromatic carbocycles. The summed E-state index contributed by atoms with van der Waals surface area (Å²) in [6.07, 6.45) is 2.32. The molecule has 9 heteroatoms. The van der Waals surface area contributed by atoms with E-state index in [1.54, 1.807) is 0 Å². The van der Waals surface area contributed by atoms with Crippen molar-refractivity contribution in [1.82, 2.24) is 15.0 Å². The second kappa shape index (κ2) is 9.73. The lowest BCUT2D eigenvalue weighted by Gasteiger charge is -2.15. The minimum Gasteiger partial charge on any atom is -0.378 e. The molecular formula is C13H23ClN6O2. The number of nitrogens with zero attached hydrogens (tertiary/aromatic N) is 4. The van der Waals surface area contributed by atoms with Crippen molar-refractivity contribution in [2.24, 2.45) is 5.73 Å². The van der Waals surface area contributed by atoms with Crippen LogP contribution in [0.5, 0.6) is 0 Å². The van der Waals surface area contributed by atoms with E-state index in [4.69, 9.17) is 26.8 Å². The lowest BCUT2D eigenvalue weighted by molar-refractivity contribution is 0.0547. The number of anilines is 2. The number of halogens is 1. The minimum atomic E-state index is 0.204. The minimum absolute atomic E-state index is 0.204. The van der Waals surface area contributed by atoms with Gasteiger partial charge >= 0.3 is 0 Å². The molecule has 22 heavy (non-hydrogen) atoms. The third-order valence-corrected chi connectivity index (χ3v) is 3.32. The molecule has 1 fully saturated rings. The quantitative estimate of drug-likeness (QED) is 0.599. The number of hydrogen-bond acceptors (Lipinski definition) is 8. The molecule has 2 heterocycles. The van der Waals surface area contributed by atoms with Crippen molar-refractivity contribution >= 4 is 23.5 Å². The van der Waals surface area contributed by atoms with Gasteiger partial charge in [-0.1, -0.05) is 0 Å². The van der Waals surface area contributed by atoms with Crippen LogP contribution in [-0.4, -0.2) is 67.6 Å². The topological polar surface area (TPSA) is 98.4 Å². The molecule has 0 saturated carbocycles. The molecule has 0 spiro atoms. The molecule has 0 atom stereocenters. The molecule has 0 amide bonds. The monoisotopic (exact) mass is 330 g/mol. The molecule has 0 radical (unpaired) electrons. The van der Waals surface area contributed by atoms with Gasteiger partial charge in [0.25, 0.3) is 0 Å².